The topological polar surface area (TPSA) is 56.2 Å². The molecular formula is C13H12N4. The van der Waals surface area contributed by atoms with E-state index in [1.54, 1.807) is 4.52 Å². The van der Waals surface area contributed by atoms with Gasteiger partial charge >= 0.3 is 0 Å². The smallest absolute Gasteiger partial charge is 0.182 e. The lowest BCUT2D eigenvalue weighted by atomic mass is 10.2. The Morgan fingerprint density at radius 3 is 2.65 bits per heavy atom. The summed E-state index contributed by atoms with van der Waals surface area (Å²) in [6.07, 6.45) is 1.92. The second kappa shape index (κ2) is 3.59. The second-order valence-corrected chi connectivity index (χ2v) is 4.06. The summed E-state index contributed by atoms with van der Waals surface area (Å²) in [4.78, 5) is 4.48. The number of hydrogen-bond acceptors (Lipinski definition) is 3. The van der Waals surface area contributed by atoms with Crippen LogP contribution in [0.1, 0.15) is 5.56 Å². The van der Waals surface area contributed by atoms with E-state index in [4.69, 9.17) is 5.73 Å². The molecule has 0 aliphatic heterocycles. The van der Waals surface area contributed by atoms with Crippen LogP contribution in [0.2, 0.25) is 0 Å². The molecular weight excluding hydrogens is 212 g/mol. The molecule has 1 aromatic carbocycles. The van der Waals surface area contributed by atoms with Crippen molar-refractivity contribution in [3.63, 3.8) is 0 Å². The fourth-order valence-corrected chi connectivity index (χ4v) is 1.74. The summed E-state index contributed by atoms with van der Waals surface area (Å²) in [5, 5.41) is 4.42. The van der Waals surface area contributed by atoms with Crippen LogP contribution in [0.4, 0.5) is 5.69 Å². The lowest BCUT2D eigenvalue weighted by Gasteiger charge is -1.94. The first-order chi connectivity index (χ1) is 8.22. The molecule has 0 radical (unpaired) electrons. The summed E-state index contributed by atoms with van der Waals surface area (Å²) in [5.41, 5.74) is 9.40. The van der Waals surface area contributed by atoms with Crippen molar-refractivity contribution in [2.45, 2.75) is 6.92 Å². The number of aromatic nitrogens is 3. The Kier molecular flexibility index (Phi) is 2.08. The Morgan fingerprint density at radius 2 is 1.88 bits per heavy atom. The molecule has 0 amide bonds. The molecule has 3 rings (SSSR count). The molecule has 3 aromatic rings. The van der Waals surface area contributed by atoms with Crippen LogP contribution in [-0.2, 0) is 0 Å². The van der Waals surface area contributed by atoms with E-state index in [-0.39, 0.29) is 0 Å². The van der Waals surface area contributed by atoms with E-state index in [1.165, 1.54) is 5.56 Å². The molecule has 17 heavy (non-hydrogen) atoms. The predicted molar refractivity (Wildman–Crippen MR) is 67.6 cm³/mol. The Hall–Kier alpha value is -2.36. The highest BCUT2D eigenvalue weighted by Gasteiger charge is 2.05. The number of hydrogen-bond donors (Lipinski definition) is 1. The SMILES string of the molecule is Cc1ccn2nc(-c3ccc(N)cc3)nc2c1. The number of nitrogens with zero attached hydrogens (tertiary/aromatic N) is 3. The molecule has 0 aliphatic carbocycles. The Balaban J connectivity index is 2.14. The Morgan fingerprint density at radius 1 is 1.12 bits per heavy atom. The number of nitrogens with two attached hydrogens (primary N) is 1. The van der Waals surface area contributed by atoms with Crippen LogP contribution in [0.5, 0.6) is 0 Å². The van der Waals surface area contributed by atoms with Gasteiger partial charge in [0, 0.05) is 17.4 Å². The molecule has 4 nitrogen and oxygen atoms in total. The van der Waals surface area contributed by atoms with Gasteiger partial charge < -0.3 is 5.73 Å². The Bertz CT molecular complexity index is 667. The van der Waals surface area contributed by atoms with Gasteiger partial charge in [-0.2, -0.15) is 0 Å². The average Bonchev–Trinajstić information content (AvgIpc) is 2.72. The van der Waals surface area contributed by atoms with Gasteiger partial charge in [-0.25, -0.2) is 9.50 Å². The maximum absolute atomic E-state index is 5.65. The minimum Gasteiger partial charge on any atom is -0.399 e. The lowest BCUT2D eigenvalue weighted by molar-refractivity contribution is 0.962. The van der Waals surface area contributed by atoms with Gasteiger partial charge in [0.25, 0.3) is 0 Å². The van der Waals surface area contributed by atoms with Gasteiger partial charge in [-0.1, -0.05) is 0 Å². The number of rotatable bonds is 1. The molecule has 0 saturated carbocycles. The van der Waals surface area contributed by atoms with E-state index in [2.05, 4.69) is 10.1 Å². The number of pyridine rings is 1. The van der Waals surface area contributed by atoms with Crippen molar-refractivity contribution in [1.82, 2.24) is 14.6 Å². The van der Waals surface area contributed by atoms with Crippen molar-refractivity contribution >= 4 is 11.3 Å². The summed E-state index contributed by atoms with van der Waals surface area (Å²) in [5.74, 6) is 0.718. The third kappa shape index (κ3) is 1.73. The molecule has 2 heterocycles. The maximum Gasteiger partial charge on any atom is 0.182 e. The minimum absolute atomic E-state index is 0.718. The van der Waals surface area contributed by atoms with Gasteiger partial charge in [0.05, 0.1) is 0 Å². The van der Waals surface area contributed by atoms with E-state index in [0.29, 0.717) is 0 Å². The van der Waals surface area contributed by atoms with Crippen LogP contribution in [0, 0.1) is 6.92 Å². The van der Waals surface area contributed by atoms with E-state index in [1.807, 2.05) is 49.5 Å². The maximum atomic E-state index is 5.65. The highest BCUT2D eigenvalue weighted by atomic mass is 15.3. The highest BCUT2D eigenvalue weighted by Crippen LogP contribution is 2.17. The number of anilines is 1. The monoisotopic (exact) mass is 224 g/mol. The van der Waals surface area contributed by atoms with Crippen molar-refractivity contribution in [3.8, 4) is 11.4 Å². The molecule has 2 aromatic heterocycles. The molecule has 2 N–H and O–H groups in total. The average molecular weight is 224 g/mol. The van der Waals surface area contributed by atoms with Crippen molar-refractivity contribution in [3.05, 3.63) is 48.2 Å². The van der Waals surface area contributed by atoms with Crippen LogP contribution in [-0.4, -0.2) is 14.6 Å². The number of fused-ring (bicyclic) bond motifs is 1. The summed E-state index contributed by atoms with van der Waals surface area (Å²) in [6, 6.07) is 11.6. The molecule has 0 spiro atoms. The molecule has 0 fully saturated rings. The number of benzene rings is 1. The second-order valence-electron chi connectivity index (χ2n) is 4.06. The first-order valence-electron chi connectivity index (χ1n) is 5.41. The minimum atomic E-state index is 0.718. The molecule has 84 valence electrons. The van der Waals surface area contributed by atoms with Gasteiger partial charge in [0.1, 0.15) is 0 Å². The summed E-state index contributed by atoms with van der Waals surface area (Å²) in [6.45, 7) is 2.04. The van der Waals surface area contributed by atoms with Crippen LogP contribution in [0.25, 0.3) is 17.0 Å². The van der Waals surface area contributed by atoms with Crippen molar-refractivity contribution < 1.29 is 0 Å². The number of nitrogen functional groups attached to an aromatic ring is 1. The zero-order valence-corrected chi connectivity index (χ0v) is 9.46. The first kappa shape index (κ1) is 9.84. The van der Waals surface area contributed by atoms with E-state index in [0.717, 1.165) is 22.7 Å². The van der Waals surface area contributed by atoms with Gasteiger partial charge in [-0.05, 0) is 48.9 Å². The van der Waals surface area contributed by atoms with Gasteiger partial charge in [-0.3, -0.25) is 0 Å². The molecule has 0 atom stereocenters. The van der Waals surface area contributed by atoms with Crippen molar-refractivity contribution in [2.24, 2.45) is 0 Å². The van der Waals surface area contributed by atoms with Crippen LogP contribution >= 0.6 is 0 Å². The molecule has 0 aliphatic rings. The highest BCUT2D eigenvalue weighted by molar-refractivity contribution is 5.61. The number of aryl methyl sites for hydroxylation is 1. The Labute approximate surface area is 98.7 Å². The van der Waals surface area contributed by atoms with E-state index in [9.17, 15) is 0 Å². The van der Waals surface area contributed by atoms with Crippen LogP contribution in [0.15, 0.2) is 42.6 Å². The van der Waals surface area contributed by atoms with Crippen molar-refractivity contribution in [2.75, 3.05) is 5.73 Å². The van der Waals surface area contributed by atoms with Crippen LogP contribution < -0.4 is 5.73 Å². The van der Waals surface area contributed by atoms with Crippen LogP contribution in [0.3, 0.4) is 0 Å². The molecule has 0 saturated heterocycles. The van der Waals surface area contributed by atoms with Gasteiger partial charge in [0.15, 0.2) is 11.5 Å². The predicted octanol–water partition coefficient (Wildman–Crippen LogP) is 2.29. The van der Waals surface area contributed by atoms with Gasteiger partial charge in [0.2, 0.25) is 0 Å². The fourth-order valence-electron chi connectivity index (χ4n) is 1.74. The zero-order chi connectivity index (χ0) is 11.8. The zero-order valence-electron chi connectivity index (χ0n) is 9.46. The summed E-state index contributed by atoms with van der Waals surface area (Å²) >= 11 is 0. The molecule has 4 heteroatoms. The van der Waals surface area contributed by atoms with Gasteiger partial charge in [-0.15, -0.1) is 5.10 Å². The fraction of sp³-hybridized carbons (Fsp3) is 0.0769. The first-order valence-corrected chi connectivity index (χ1v) is 5.41. The van der Waals surface area contributed by atoms with Crippen molar-refractivity contribution in [1.29, 1.82) is 0 Å². The third-order valence-electron chi connectivity index (χ3n) is 2.66. The third-order valence-corrected chi connectivity index (χ3v) is 2.66. The molecule has 0 unspecified atom stereocenters. The molecule has 0 bridgehead atoms. The van der Waals surface area contributed by atoms with E-state index < -0.39 is 0 Å². The normalized spacial score (nSPS) is 10.9. The summed E-state index contributed by atoms with van der Waals surface area (Å²) < 4.78 is 1.78. The standard InChI is InChI=1S/C13H12N4/c1-9-6-7-17-12(8-9)15-13(16-17)10-2-4-11(14)5-3-10/h2-8H,14H2,1H3. The lowest BCUT2D eigenvalue weighted by Crippen LogP contribution is -1.87. The largest absolute Gasteiger partial charge is 0.399 e. The quantitative estimate of drug-likeness (QED) is 0.645. The van der Waals surface area contributed by atoms with E-state index >= 15 is 0 Å². The summed E-state index contributed by atoms with van der Waals surface area (Å²) in [7, 11) is 0.